The Morgan fingerprint density at radius 1 is 1.40 bits per heavy atom. The van der Waals surface area contributed by atoms with Gasteiger partial charge in [-0.05, 0) is 19.1 Å². The second-order valence-corrected chi connectivity index (χ2v) is 5.36. The zero-order valence-electron chi connectivity index (χ0n) is 11.6. The summed E-state index contributed by atoms with van der Waals surface area (Å²) in [7, 11) is -4.67. The van der Waals surface area contributed by atoms with Gasteiger partial charge < -0.3 is 21.5 Å². The van der Waals surface area contributed by atoms with Crippen LogP contribution in [0.2, 0.25) is 0 Å². The third kappa shape index (κ3) is 7.58. The van der Waals surface area contributed by atoms with Crippen LogP contribution in [0, 0.1) is 5.92 Å². The monoisotopic (exact) mass is 309 g/mol. The van der Waals surface area contributed by atoms with Crippen molar-refractivity contribution in [2.75, 3.05) is 19.7 Å². The van der Waals surface area contributed by atoms with E-state index >= 15 is 0 Å². The molecule has 0 aromatic rings. The van der Waals surface area contributed by atoms with Crippen molar-refractivity contribution in [3.8, 4) is 0 Å². The maximum absolute atomic E-state index is 8.92. The molecule has 1 atom stereocenters. The summed E-state index contributed by atoms with van der Waals surface area (Å²) in [6.07, 6.45) is 5.81. The molecule has 1 rings (SSSR count). The number of nitrogens with zero attached hydrogens (tertiary/aromatic N) is 1. The normalized spacial score (nSPS) is 20.8. The first-order chi connectivity index (χ1) is 9.01. The van der Waals surface area contributed by atoms with E-state index in [0.29, 0.717) is 6.54 Å². The third-order valence-corrected chi connectivity index (χ3v) is 2.87. The summed E-state index contributed by atoms with van der Waals surface area (Å²) in [4.78, 5) is 2.10. The lowest BCUT2D eigenvalue weighted by Gasteiger charge is -2.33. The molecule has 9 heteroatoms. The quantitative estimate of drug-likeness (QED) is 0.339. The summed E-state index contributed by atoms with van der Waals surface area (Å²) in [6, 6.07) is 0. The minimum Gasteiger partial charge on any atom is -0.395 e. The van der Waals surface area contributed by atoms with E-state index < -0.39 is 16.1 Å². The molecule has 1 aliphatic carbocycles. The van der Waals surface area contributed by atoms with Crippen molar-refractivity contribution in [3.63, 3.8) is 0 Å². The Hall–Kier alpha value is -0.970. The van der Waals surface area contributed by atoms with Gasteiger partial charge in [0.05, 0.1) is 12.3 Å². The summed E-state index contributed by atoms with van der Waals surface area (Å²) < 4.78 is 31.6. The van der Waals surface area contributed by atoms with Gasteiger partial charge in [0.1, 0.15) is 0 Å². The number of hydrogen-bond donors (Lipinski definition) is 5. The van der Waals surface area contributed by atoms with Gasteiger partial charge in [0.25, 0.3) is 0 Å². The van der Waals surface area contributed by atoms with Gasteiger partial charge in [-0.15, -0.1) is 0 Å². The number of allylic oxidation sites excluding steroid dienone is 1. The van der Waals surface area contributed by atoms with Crippen LogP contribution < -0.4 is 11.5 Å². The molecule has 1 unspecified atom stereocenters. The third-order valence-electron chi connectivity index (χ3n) is 2.87. The van der Waals surface area contributed by atoms with Crippen LogP contribution >= 0.6 is 0 Å². The highest BCUT2D eigenvalue weighted by molar-refractivity contribution is 7.79. The van der Waals surface area contributed by atoms with Crippen LogP contribution in [0.1, 0.15) is 13.8 Å². The highest BCUT2D eigenvalue weighted by atomic mass is 32.3. The van der Waals surface area contributed by atoms with Crippen molar-refractivity contribution < 1.29 is 22.6 Å². The van der Waals surface area contributed by atoms with E-state index in [4.69, 9.17) is 34.1 Å². The molecule has 0 aromatic carbocycles. The molecule has 118 valence electrons. The average molecular weight is 309 g/mol. The summed E-state index contributed by atoms with van der Waals surface area (Å²) in [5.74, 6) is 0.102. The molecule has 1 aliphatic rings. The summed E-state index contributed by atoms with van der Waals surface area (Å²) in [5.41, 5.74) is 12.1. The lowest BCUT2D eigenvalue weighted by Crippen LogP contribution is -2.53. The van der Waals surface area contributed by atoms with E-state index in [0.717, 1.165) is 12.2 Å². The summed E-state index contributed by atoms with van der Waals surface area (Å²) in [6.45, 7) is 5.72. The maximum Gasteiger partial charge on any atom is 0.394 e. The van der Waals surface area contributed by atoms with E-state index in [2.05, 4.69) is 17.9 Å². The molecule has 0 aliphatic heterocycles. The number of aliphatic hydroxyl groups excluding tert-OH is 1. The topological polar surface area (TPSA) is 150 Å². The molecule has 0 spiro atoms. The predicted molar refractivity (Wildman–Crippen MR) is 76.0 cm³/mol. The van der Waals surface area contributed by atoms with Gasteiger partial charge in [0.2, 0.25) is 0 Å². The molecule has 0 amide bonds. The van der Waals surface area contributed by atoms with E-state index in [1.54, 1.807) is 0 Å². The molecule has 0 heterocycles. The largest absolute Gasteiger partial charge is 0.395 e. The lowest BCUT2D eigenvalue weighted by atomic mass is 9.90. The van der Waals surface area contributed by atoms with Gasteiger partial charge >= 0.3 is 10.4 Å². The smallest absolute Gasteiger partial charge is 0.394 e. The van der Waals surface area contributed by atoms with Crippen LogP contribution in [0.25, 0.3) is 0 Å². The standard InChI is InChI=1S/C11H21N3O.H2O4S/c1-3-14(6-7-15)10-4-5-11(12,13)9(2)8-10;1-5(2,3)4/h4-5,8-9,15H,3,6-7,12-13H2,1-2H3;(H2,1,2,3,4). The minimum atomic E-state index is -4.67. The lowest BCUT2D eigenvalue weighted by molar-refractivity contribution is 0.232. The fraction of sp³-hybridized carbons (Fsp3) is 0.636. The zero-order valence-corrected chi connectivity index (χ0v) is 12.4. The van der Waals surface area contributed by atoms with E-state index in [1.165, 1.54) is 0 Å². The van der Waals surface area contributed by atoms with Crippen LogP contribution in [0.4, 0.5) is 0 Å². The van der Waals surface area contributed by atoms with Gasteiger partial charge in [-0.3, -0.25) is 9.11 Å². The van der Waals surface area contributed by atoms with Crippen LogP contribution in [0.5, 0.6) is 0 Å². The number of nitrogens with two attached hydrogens (primary N) is 2. The molecular formula is C11H23N3O5S. The van der Waals surface area contributed by atoms with Gasteiger partial charge in [-0.25, -0.2) is 0 Å². The zero-order chi connectivity index (χ0) is 16.0. The van der Waals surface area contributed by atoms with Crippen LogP contribution in [0.15, 0.2) is 23.9 Å². The van der Waals surface area contributed by atoms with Crippen LogP contribution in [-0.4, -0.2) is 52.9 Å². The fourth-order valence-corrected chi connectivity index (χ4v) is 1.64. The second kappa shape index (κ2) is 7.72. The molecule has 7 N–H and O–H groups in total. The molecular weight excluding hydrogens is 286 g/mol. The second-order valence-electron chi connectivity index (χ2n) is 4.46. The first-order valence-corrected chi connectivity index (χ1v) is 7.45. The molecule has 20 heavy (non-hydrogen) atoms. The van der Waals surface area contributed by atoms with Crippen molar-refractivity contribution in [1.29, 1.82) is 0 Å². The molecule has 0 saturated heterocycles. The number of hydrogen-bond acceptors (Lipinski definition) is 6. The van der Waals surface area contributed by atoms with Gasteiger partial charge in [0, 0.05) is 24.7 Å². The minimum absolute atomic E-state index is 0.102. The van der Waals surface area contributed by atoms with Gasteiger partial charge in [0.15, 0.2) is 0 Å². The molecule has 0 bridgehead atoms. The van der Waals surface area contributed by atoms with E-state index in [9.17, 15) is 0 Å². The Labute approximate surface area is 119 Å². The Morgan fingerprint density at radius 2 is 1.90 bits per heavy atom. The van der Waals surface area contributed by atoms with Crippen molar-refractivity contribution in [1.82, 2.24) is 4.90 Å². The van der Waals surface area contributed by atoms with Crippen LogP contribution in [-0.2, 0) is 10.4 Å². The SMILES string of the molecule is CCN(CCO)C1=CC(C)C(N)(N)C=C1.O=S(=O)(O)O. The van der Waals surface area contributed by atoms with E-state index in [-0.39, 0.29) is 12.5 Å². The molecule has 0 fully saturated rings. The Balaban J connectivity index is 0.000000621. The van der Waals surface area contributed by atoms with Crippen LogP contribution in [0.3, 0.4) is 0 Å². The van der Waals surface area contributed by atoms with Crippen molar-refractivity contribution in [2.45, 2.75) is 19.5 Å². The summed E-state index contributed by atoms with van der Waals surface area (Å²) >= 11 is 0. The summed E-state index contributed by atoms with van der Waals surface area (Å²) in [5, 5.41) is 8.92. The Morgan fingerprint density at radius 3 is 2.25 bits per heavy atom. The van der Waals surface area contributed by atoms with E-state index in [1.807, 2.05) is 19.1 Å². The predicted octanol–water partition coefficient (Wildman–Crippen LogP) is -0.649. The maximum atomic E-state index is 8.92. The average Bonchev–Trinajstić information content (AvgIpc) is 2.28. The van der Waals surface area contributed by atoms with Crippen molar-refractivity contribution >= 4 is 10.4 Å². The fourth-order valence-electron chi connectivity index (χ4n) is 1.64. The highest BCUT2D eigenvalue weighted by Crippen LogP contribution is 2.22. The number of rotatable bonds is 4. The first-order valence-electron chi connectivity index (χ1n) is 6.05. The number of likely N-dealkylation sites (N-methyl/N-ethyl adjacent to an activating group) is 1. The van der Waals surface area contributed by atoms with Gasteiger partial charge in [-0.2, -0.15) is 8.42 Å². The molecule has 0 saturated carbocycles. The van der Waals surface area contributed by atoms with Gasteiger partial charge in [-0.1, -0.05) is 13.0 Å². The Kier molecular flexibility index (Phi) is 7.34. The van der Waals surface area contributed by atoms with Crippen molar-refractivity contribution in [2.24, 2.45) is 17.4 Å². The Bertz CT molecular complexity index is 451. The van der Waals surface area contributed by atoms with Crippen molar-refractivity contribution in [3.05, 3.63) is 23.9 Å². The number of aliphatic hydroxyl groups is 1. The highest BCUT2D eigenvalue weighted by Gasteiger charge is 2.26. The first kappa shape index (κ1) is 19.0. The molecule has 0 aromatic heterocycles. The molecule has 8 nitrogen and oxygen atoms in total. The molecule has 0 radical (unpaired) electrons.